The van der Waals surface area contributed by atoms with E-state index in [0.29, 0.717) is 31.7 Å². The van der Waals surface area contributed by atoms with Crippen molar-refractivity contribution in [2.75, 3.05) is 32.7 Å². The maximum atomic E-state index is 13.1. The van der Waals surface area contributed by atoms with Crippen LogP contribution in [-0.2, 0) is 4.79 Å². The Labute approximate surface area is 122 Å². The van der Waals surface area contributed by atoms with Gasteiger partial charge in [-0.15, -0.1) is 12.4 Å². The van der Waals surface area contributed by atoms with Gasteiger partial charge in [0.1, 0.15) is 5.82 Å². The summed E-state index contributed by atoms with van der Waals surface area (Å²) in [6.45, 7) is 1.81. The highest BCUT2D eigenvalue weighted by Gasteiger charge is 2.24. The molecular weight excluding hydrogens is 285 g/mol. The topological polar surface area (TPSA) is 66.6 Å². The van der Waals surface area contributed by atoms with E-state index in [-0.39, 0.29) is 30.8 Å². The van der Waals surface area contributed by atoms with E-state index in [9.17, 15) is 14.0 Å². The van der Waals surface area contributed by atoms with Crippen LogP contribution < -0.4 is 5.73 Å². The van der Waals surface area contributed by atoms with Gasteiger partial charge < -0.3 is 15.5 Å². The Morgan fingerprint density at radius 2 is 1.75 bits per heavy atom. The molecule has 110 valence electrons. The fourth-order valence-corrected chi connectivity index (χ4v) is 2.09. The Kier molecular flexibility index (Phi) is 5.91. The number of hydrogen-bond acceptors (Lipinski definition) is 3. The number of rotatable bonds is 2. The largest absolute Gasteiger partial charge is 0.338 e. The lowest BCUT2D eigenvalue weighted by atomic mass is 10.1. The van der Waals surface area contributed by atoms with E-state index >= 15 is 0 Å². The fraction of sp³-hybridized carbons (Fsp3) is 0.385. The van der Waals surface area contributed by atoms with Gasteiger partial charge in [0.05, 0.1) is 6.54 Å². The zero-order valence-electron chi connectivity index (χ0n) is 10.9. The molecule has 1 fully saturated rings. The maximum absolute atomic E-state index is 13.1. The average Bonchev–Trinajstić information content (AvgIpc) is 2.46. The zero-order valence-corrected chi connectivity index (χ0v) is 11.7. The van der Waals surface area contributed by atoms with Crippen LogP contribution in [0.5, 0.6) is 0 Å². The van der Waals surface area contributed by atoms with Crippen LogP contribution in [0.25, 0.3) is 0 Å². The normalized spacial score (nSPS) is 14.7. The number of halogens is 2. The van der Waals surface area contributed by atoms with Gasteiger partial charge in [0.2, 0.25) is 5.91 Å². The molecule has 0 saturated carbocycles. The van der Waals surface area contributed by atoms with Crippen molar-refractivity contribution in [2.24, 2.45) is 5.73 Å². The summed E-state index contributed by atoms with van der Waals surface area (Å²) in [7, 11) is 0. The Balaban J connectivity index is 0.00000200. The molecule has 1 aromatic carbocycles. The second-order valence-electron chi connectivity index (χ2n) is 4.39. The van der Waals surface area contributed by atoms with Crippen LogP contribution >= 0.6 is 12.4 Å². The maximum Gasteiger partial charge on any atom is 0.254 e. The van der Waals surface area contributed by atoms with E-state index in [1.54, 1.807) is 15.9 Å². The summed E-state index contributed by atoms with van der Waals surface area (Å²) in [4.78, 5) is 26.8. The molecule has 1 aromatic rings. The molecule has 1 saturated heterocycles. The highest BCUT2D eigenvalue weighted by Crippen LogP contribution is 2.10. The highest BCUT2D eigenvalue weighted by molar-refractivity contribution is 5.94. The Bertz CT molecular complexity index is 490. The molecule has 1 aliphatic heterocycles. The third-order valence-corrected chi connectivity index (χ3v) is 3.17. The monoisotopic (exact) mass is 301 g/mol. The summed E-state index contributed by atoms with van der Waals surface area (Å²) < 4.78 is 13.1. The second-order valence-corrected chi connectivity index (χ2v) is 4.39. The van der Waals surface area contributed by atoms with Crippen LogP contribution in [0.1, 0.15) is 10.4 Å². The van der Waals surface area contributed by atoms with Crippen molar-refractivity contribution in [3.05, 3.63) is 35.6 Å². The number of nitrogens with two attached hydrogens (primary N) is 1. The summed E-state index contributed by atoms with van der Waals surface area (Å²) in [6, 6.07) is 5.62. The quantitative estimate of drug-likeness (QED) is 0.864. The van der Waals surface area contributed by atoms with Crippen LogP contribution in [0, 0.1) is 5.82 Å². The summed E-state index contributed by atoms with van der Waals surface area (Å²) in [6.07, 6.45) is 0. The molecular formula is C13H17ClFN3O2. The molecule has 2 N–H and O–H groups in total. The van der Waals surface area contributed by atoms with Gasteiger partial charge in [0.15, 0.2) is 0 Å². The molecule has 0 radical (unpaired) electrons. The van der Waals surface area contributed by atoms with Crippen molar-refractivity contribution >= 4 is 24.2 Å². The predicted molar refractivity (Wildman–Crippen MR) is 75.2 cm³/mol. The third-order valence-electron chi connectivity index (χ3n) is 3.17. The predicted octanol–water partition coefficient (Wildman–Crippen LogP) is 0.491. The lowest BCUT2D eigenvalue weighted by molar-refractivity contribution is -0.131. The summed E-state index contributed by atoms with van der Waals surface area (Å²) in [5.74, 6) is -0.750. The SMILES string of the molecule is Cl.NCC(=O)N1CCN(C(=O)c2cccc(F)c2)CC1. The van der Waals surface area contributed by atoms with Crippen molar-refractivity contribution in [1.29, 1.82) is 0 Å². The van der Waals surface area contributed by atoms with Crippen LogP contribution in [0.3, 0.4) is 0 Å². The standard InChI is InChI=1S/C13H16FN3O2.ClH/c14-11-3-1-2-10(8-11)13(19)17-6-4-16(5-7-17)12(18)9-15;/h1-3,8H,4-7,9,15H2;1H. The zero-order chi connectivity index (χ0) is 13.8. The van der Waals surface area contributed by atoms with E-state index < -0.39 is 5.82 Å². The molecule has 0 bridgehead atoms. The summed E-state index contributed by atoms with van der Waals surface area (Å²) >= 11 is 0. The fourth-order valence-electron chi connectivity index (χ4n) is 2.09. The highest BCUT2D eigenvalue weighted by atomic mass is 35.5. The van der Waals surface area contributed by atoms with Gasteiger partial charge in [-0.05, 0) is 18.2 Å². The lowest BCUT2D eigenvalue weighted by Gasteiger charge is -2.34. The van der Waals surface area contributed by atoms with Crippen LogP contribution in [-0.4, -0.2) is 54.3 Å². The van der Waals surface area contributed by atoms with E-state index in [0.717, 1.165) is 0 Å². The molecule has 2 rings (SSSR count). The summed E-state index contributed by atoms with van der Waals surface area (Å²) in [5, 5.41) is 0. The van der Waals surface area contributed by atoms with Crippen molar-refractivity contribution in [3.8, 4) is 0 Å². The van der Waals surface area contributed by atoms with E-state index in [4.69, 9.17) is 5.73 Å². The number of amides is 2. The van der Waals surface area contributed by atoms with Crippen LogP contribution in [0.15, 0.2) is 24.3 Å². The van der Waals surface area contributed by atoms with Gasteiger partial charge in [-0.25, -0.2) is 4.39 Å². The van der Waals surface area contributed by atoms with Crippen molar-refractivity contribution in [1.82, 2.24) is 9.80 Å². The minimum Gasteiger partial charge on any atom is -0.338 e. The molecule has 0 aliphatic carbocycles. The first kappa shape index (κ1) is 16.4. The van der Waals surface area contributed by atoms with Gasteiger partial charge in [-0.1, -0.05) is 6.07 Å². The van der Waals surface area contributed by atoms with Crippen LogP contribution in [0.2, 0.25) is 0 Å². The molecule has 0 unspecified atom stereocenters. The first-order valence-corrected chi connectivity index (χ1v) is 6.14. The molecule has 2 amide bonds. The number of carbonyl (C=O) groups excluding carboxylic acids is 2. The molecule has 0 atom stereocenters. The molecule has 20 heavy (non-hydrogen) atoms. The van der Waals surface area contributed by atoms with Crippen molar-refractivity contribution < 1.29 is 14.0 Å². The Morgan fingerprint density at radius 3 is 2.30 bits per heavy atom. The molecule has 1 aliphatic rings. The van der Waals surface area contributed by atoms with Gasteiger partial charge in [0, 0.05) is 31.7 Å². The van der Waals surface area contributed by atoms with E-state index in [2.05, 4.69) is 0 Å². The van der Waals surface area contributed by atoms with Crippen molar-refractivity contribution in [3.63, 3.8) is 0 Å². The third kappa shape index (κ3) is 3.68. The van der Waals surface area contributed by atoms with E-state index in [1.165, 1.54) is 18.2 Å². The first-order chi connectivity index (χ1) is 9.11. The van der Waals surface area contributed by atoms with Crippen molar-refractivity contribution in [2.45, 2.75) is 0 Å². The Morgan fingerprint density at radius 1 is 1.15 bits per heavy atom. The number of benzene rings is 1. The molecule has 0 spiro atoms. The minimum atomic E-state index is -0.428. The molecule has 0 aromatic heterocycles. The van der Waals surface area contributed by atoms with Gasteiger partial charge in [-0.2, -0.15) is 0 Å². The van der Waals surface area contributed by atoms with Gasteiger partial charge in [0.25, 0.3) is 5.91 Å². The van der Waals surface area contributed by atoms with Crippen LogP contribution in [0.4, 0.5) is 4.39 Å². The number of nitrogens with zero attached hydrogens (tertiary/aromatic N) is 2. The second kappa shape index (κ2) is 7.21. The van der Waals surface area contributed by atoms with E-state index in [1.807, 2.05) is 0 Å². The summed E-state index contributed by atoms with van der Waals surface area (Å²) in [5.41, 5.74) is 5.62. The average molecular weight is 302 g/mol. The Hall–Kier alpha value is -1.66. The minimum absolute atomic E-state index is 0. The number of hydrogen-bond donors (Lipinski definition) is 1. The lowest BCUT2D eigenvalue weighted by Crippen LogP contribution is -2.51. The molecule has 1 heterocycles. The van der Waals surface area contributed by atoms with Gasteiger partial charge >= 0.3 is 0 Å². The smallest absolute Gasteiger partial charge is 0.254 e. The first-order valence-electron chi connectivity index (χ1n) is 6.14. The van der Waals surface area contributed by atoms with Gasteiger partial charge in [-0.3, -0.25) is 9.59 Å². The number of carbonyl (C=O) groups is 2. The molecule has 5 nitrogen and oxygen atoms in total. The number of piperazine rings is 1. The molecule has 7 heteroatoms.